The first-order valence-electron chi connectivity index (χ1n) is 10.9. The van der Waals surface area contributed by atoms with Gasteiger partial charge in [0.25, 0.3) is 0 Å². The molecule has 2 aromatic heterocycles. The Kier molecular flexibility index (Phi) is 7.33. The maximum atomic E-state index is 14.0. The van der Waals surface area contributed by atoms with Crippen LogP contribution in [0.25, 0.3) is 27.5 Å². The molecule has 0 aliphatic rings. The number of nitrogens with zero attached hydrogens (tertiary/aromatic N) is 3. The minimum atomic E-state index is -4.47. The predicted octanol–water partition coefficient (Wildman–Crippen LogP) is 7.34. The highest BCUT2D eigenvalue weighted by Crippen LogP contribution is 2.42. The lowest BCUT2D eigenvalue weighted by atomic mass is 10.0. The Morgan fingerprint density at radius 3 is 2.35 bits per heavy atom. The first-order valence-corrected chi connectivity index (χ1v) is 12.6. The molecule has 0 fully saturated rings. The van der Waals surface area contributed by atoms with Gasteiger partial charge in [-0.15, -0.1) is 11.8 Å². The summed E-state index contributed by atoms with van der Waals surface area (Å²) in [4.78, 5) is 17.0. The van der Waals surface area contributed by atoms with Crippen molar-refractivity contribution < 1.29 is 32.2 Å². The second-order valence-electron chi connectivity index (χ2n) is 8.25. The van der Waals surface area contributed by atoms with E-state index in [1.165, 1.54) is 65.2 Å². The average molecular weight is 552 g/mol. The topological polar surface area (TPSA) is 77.2 Å². The van der Waals surface area contributed by atoms with Gasteiger partial charge in [0, 0.05) is 16.4 Å². The van der Waals surface area contributed by atoms with Crippen LogP contribution < -0.4 is 4.74 Å². The molecule has 0 spiro atoms. The summed E-state index contributed by atoms with van der Waals surface area (Å²) in [6, 6.07) is 8.67. The second-order valence-corrected chi connectivity index (χ2v) is 11.1. The Bertz CT molecular complexity index is 1460. The van der Waals surface area contributed by atoms with Crippen molar-refractivity contribution >= 4 is 29.1 Å². The molecule has 0 radical (unpaired) electrons. The molecule has 2 aromatic carbocycles. The van der Waals surface area contributed by atoms with Gasteiger partial charge >= 0.3 is 12.1 Å². The minimum absolute atomic E-state index is 0.0459. The molecule has 0 amide bonds. The van der Waals surface area contributed by atoms with E-state index in [9.17, 15) is 27.5 Å². The van der Waals surface area contributed by atoms with Crippen LogP contribution in [0.5, 0.6) is 5.75 Å². The zero-order valence-corrected chi connectivity index (χ0v) is 21.7. The van der Waals surface area contributed by atoms with E-state index < -0.39 is 23.5 Å². The molecule has 0 saturated carbocycles. The van der Waals surface area contributed by atoms with E-state index in [1.54, 1.807) is 6.92 Å². The molecule has 0 atom stereocenters. The molecule has 1 N–H and O–H groups in total. The van der Waals surface area contributed by atoms with Crippen LogP contribution in [0.4, 0.5) is 17.6 Å². The second kappa shape index (κ2) is 10.2. The highest BCUT2D eigenvalue weighted by Gasteiger charge is 2.31. The molecule has 6 nitrogen and oxygen atoms in total. The lowest BCUT2D eigenvalue weighted by Crippen LogP contribution is -2.09. The molecule has 194 valence electrons. The van der Waals surface area contributed by atoms with Crippen molar-refractivity contribution in [2.45, 2.75) is 36.4 Å². The third-order valence-corrected chi connectivity index (χ3v) is 7.54. The molecule has 2 heterocycles. The van der Waals surface area contributed by atoms with Gasteiger partial charge in [-0.3, -0.25) is 0 Å². The summed E-state index contributed by atoms with van der Waals surface area (Å²) < 4.78 is 60.1. The van der Waals surface area contributed by atoms with E-state index in [1.807, 2.05) is 13.8 Å². The SMILES string of the molecule is COc1cc(-c2c(C)nn(-c3nc(-c4ccc(C(F)(F)F)cc4)c(SC(C)C)s3)c2C(=O)O)ccc1F. The highest BCUT2D eigenvalue weighted by molar-refractivity contribution is 8.01. The molecular formula is C25H21F4N3O3S2. The van der Waals surface area contributed by atoms with E-state index in [-0.39, 0.29) is 27.4 Å². The number of rotatable bonds is 7. The van der Waals surface area contributed by atoms with Crippen molar-refractivity contribution in [3.63, 3.8) is 0 Å². The maximum Gasteiger partial charge on any atom is 0.416 e. The van der Waals surface area contributed by atoms with Crippen molar-refractivity contribution in [1.82, 2.24) is 14.8 Å². The van der Waals surface area contributed by atoms with E-state index >= 15 is 0 Å². The Hall–Kier alpha value is -3.38. The van der Waals surface area contributed by atoms with E-state index in [0.29, 0.717) is 26.7 Å². The Labute approximate surface area is 217 Å². The van der Waals surface area contributed by atoms with Gasteiger partial charge in [-0.1, -0.05) is 43.4 Å². The number of thiazole rings is 1. The number of carboxylic acid groups (broad SMARTS) is 1. The van der Waals surface area contributed by atoms with E-state index in [0.717, 1.165) is 12.1 Å². The molecule has 12 heteroatoms. The monoisotopic (exact) mass is 551 g/mol. The lowest BCUT2D eigenvalue weighted by Gasteiger charge is -2.08. The third kappa shape index (κ3) is 5.35. The number of alkyl halides is 3. The number of halogens is 4. The van der Waals surface area contributed by atoms with Gasteiger partial charge in [-0.25, -0.2) is 14.2 Å². The maximum absolute atomic E-state index is 14.0. The van der Waals surface area contributed by atoms with E-state index in [2.05, 4.69) is 10.1 Å². The predicted molar refractivity (Wildman–Crippen MR) is 134 cm³/mol. The van der Waals surface area contributed by atoms with Crippen LogP contribution in [-0.4, -0.2) is 38.2 Å². The van der Waals surface area contributed by atoms with Crippen LogP contribution in [0.3, 0.4) is 0 Å². The van der Waals surface area contributed by atoms with Gasteiger partial charge in [-0.2, -0.15) is 23.0 Å². The largest absolute Gasteiger partial charge is 0.494 e. The summed E-state index contributed by atoms with van der Waals surface area (Å²) in [6.45, 7) is 5.55. The highest BCUT2D eigenvalue weighted by atomic mass is 32.2. The van der Waals surface area contributed by atoms with Gasteiger partial charge in [0.15, 0.2) is 17.3 Å². The van der Waals surface area contributed by atoms with Crippen molar-refractivity contribution in [2.75, 3.05) is 7.11 Å². The van der Waals surface area contributed by atoms with Crippen molar-refractivity contribution in [1.29, 1.82) is 0 Å². The summed E-state index contributed by atoms with van der Waals surface area (Å²) in [6.07, 6.45) is -4.47. The molecular weight excluding hydrogens is 530 g/mol. The average Bonchev–Trinajstić information content (AvgIpc) is 3.39. The molecule has 4 rings (SSSR count). The van der Waals surface area contributed by atoms with Crippen LogP contribution in [0, 0.1) is 12.7 Å². The smallest absolute Gasteiger partial charge is 0.416 e. The number of carbonyl (C=O) groups is 1. The number of aromatic nitrogens is 3. The van der Waals surface area contributed by atoms with Crippen molar-refractivity contribution in [2.24, 2.45) is 0 Å². The number of hydrogen-bond acceptors (Lipinski definition) is 6. The van der Waals surface area contributed by atoms with Crippen LogP contribution in [-0.2, 0) is 6.18 Å². The standard InChI is InChI=1S/C25H21F4N3O3S2/c1-12(2)36-23-20(14-5-8-16(9-6-14)25(27,28)29)30-24(37-23)32-21(22(33)34)19(13(3)31-32)15-7-10-17(26)18(11-15)35-4/h5-12H,1-4H3,(H,33,34). The quantitative estimate of drug-likeness (QED) is 0.191. The lowest BCUT2D eigenvalue weighted by molar-refractivity contribution is -0.137. The molecule has 0 saturated heterocycles. The summed E-state index contributed by atoms with van der Waals surface area (Å²) >= 11 is 2.65. The van der Waals surface area contributed by atoms with Gasteiger partial charge in [0.2, 0.25) is 5.13 Å². The number of benzene rings is 2. The minimum Gasteiger partial charge on any atom is -0.494 e. The van der Waals surface area contributed by atoms with Crippen LogP contribution >= 0.6 is 23.1 Å². The molecule has 4 aromatic rings. The number of ether oxygens (including phenoxy) is 1. The van der Waals surface area contributed by atoms with Gasteiger partial charge in [0.1, 0.15) is 0 Å². The zero-order valence-electron chi connectivity index (χ0n) is 20.1. The molecule has 37 heavy (non-hydrogen) atoms. The number of carboxylic acids is 1. The number of aromatic carboxylic acids is 1. The molecule has 0 unspecified atom stereocenters. The number of aryl methyl sites for hydroxylation is 1. The number of methoxy groups -OCH3 is 1. The van der Waals surface area contributed by atoms with Gasteiger partial charge < -0.3 is 9.84 Å². The van der Waals surface area contributed by atoms with Crippen molar-refractivity contribution in [3.05, 3.63) is 65.2 Å². The number of thioether (sulfide) groups is 1. The fourth-order valence-corrected chi connectivity index (χ4v) is 6.18. The molecule has 0 aliphatic heterocycles. The normalized spacial score (nSPS) is 11.8. The van der Waals surface area contributed by atoms with Gasteiger partial charge in [0.05, 0.1) is 28.3 Å². The first kappa shape index (κ1) is 26.7. The van der Waals surface area contributed by atoms with Crippen LogP contribution in [0.15, 0.2) is 46.7 Å². The fourth-order valence-electron chi connectivity index (χ4n) is 3.70. The first-order chi connectivity index (χ1) is 17.4. The Balaban J connectivity index is 1.88. The summed E-state index contributed by atoms with van der Waals surface area (Å²) in [7, 11) is 1.31. The zero-order chi connectivity index (χ0) is 27.1. The molecule has 0 bridgehead atoms. The van der Waals surface area contributed by atoms with Gasteiger partial charge in [-0.05, 0) is 36.8 Å². The van der Waals surface area contributed by atoms with Crippen molar-refractivity contribution in [3.8, 4) is 33.3 Å². The number of hydrogen-bond donors (Lipinski definition) is 1. The molecule has 0 aliphatic carbocycles. The summed E-state index contributed by atoms with van der Waals surface area (Å²) in [5.41, 5.74) is 0.978. The van der Waals surface area contributed by atoms with Crippen LogP contribution in [0.1, 0.15) is 35.6 Å². The Morgan fingerprint density at radius 2 is 1.78 bits per heavy atom. The van der Waals surface area contributed by atoms with E-state index in [4.69, 9.17) is 4.74 Å². The summed E-state index contributed by atoms with van der Waals surface area (Å²) in [5, 5.41) is 14.9. The summed E-state index contributed by atoms with van der Waals surface area (Å²) in [5.74, 6) is -1.91. The van der Waals surface area contributed by atoms with Crippen LogP contribution in [0.2, 0.25) is 0 Å². The third-order valence-electron chi connectivity index (χ3n) is 5.30. The Morgan fingerprint density at radius 1 is 1.14 bits per heavy atom. The fraction of sp³-hybridized carbons (Fsp3) is 0.240.